The molecule has 1 aromatic carbocycles. The van der Waals surface area contributed by atoms with Gasteiger partial charge in [-0.15, -0.1) is 0 Å². The van der Waals surface area contributed by atoms with Gasteiger partial charge in [-0.25, -0.2) is 9.59 Å². The molecule has 0 bridgehead atoms. The van der Waals surface area contributed by atoms with Gasteiger partial charge in [0, 0.05) is 41.4 Å². The van der Waals surface area contributed by atoms with E-state index in [-0.39, 0.29) is 0 Å². The SMILES string of the molecule is Cc1cncc2cccc(NC3CCCNC3)c12.O=C(O)C(F)(F)F.O=C(O)C(F)(F)F. The van der Waals surface area contributed by atoms with E-state index in [2.05, 4.69) is 40.7 Å². The zero-order valence-corrected chi connectivity index (χ0v) is 16.7. The van der Waals surface area contributed by atoms with Crippen molar-refractivity contribution in [3.05, 3.63) is 36.2 Å². The summed E-state index contributed by atoms with van der Waals surface area (Å²) in [5, 5.41) is 23.9. The van der Waals surface area contributed by atoms with E-state index in [0.717, 1.165) is 13.1 Å². The van der Waals surface area contributed by atoms with Crippen LogP contribution in [0.5, 0.6) is 0 Å². The zero-order chi connectivity index (χ0) is 24.5. The molecule has 1 aromatic heterocycles. The van der Waals surface area contributed by atoms with Gasteiger partial charge in [-0.1, -0.05) is 12.1 Å². The number of nitrogens with zero attached hydrogens (tertiary/aromatic N) is 1. The number of aliphatic carboxylic acids is 2. The topological polar surface area (TPSA) is 112 Å². The van der Waals surface area contributed by atoms with Gasteiger partial charge in [0.15, 0.2) is 0 Å². The summed E-state index contributed by atoms with van der Waals surface area (Å²) in [6, 6.07) is 6.93. The minimum absolute atomic E-state index is 0.539. The highest BCUT2D eigenvalue weighted by atomic mass is 19.4. The molecule has 7 nitrogen and oxygen atoms in total. The lowest BCUT2D eigenvalue weighted by molar-refractivity contribution is -0.193. The number of pyridine rings is 1. The Bertz CT molecular complexity index is 883. The second-order valence-corrected chi connectivity index (χ2v) is 6.65. The lowest BCUT2D eigenvalue weighted by Crippen LogP contribution is -2.38. The number of halogens is 6. The van der Waals surface area contributed by atoms with Crippen LogP contribution in [0, 0.1) is 6.92 Å². The van der Waals surface area contributed by atoms with Crippen LogP contribution in [0.3, 0.4) is 0 Å². The number of aryl methyl sites for hydroxylation is 1. The van der Waals surface area contributed by atoms with Gasteiger partial charge in [0.25, 0.3) is 0 Å². The van der Waals surface area contributed by atoms with Crippen molar-refractivity contribution in [2.75, 3.05) is 18.4 Å². The smallest absolute Gasteiger partial charge is 0.475 e. The number of anilines is 1. The monoisotopic (exact) mass is 469 g/mol. The second kappa shape index (κ2) is 11.5. The van der Waals surface area contributed by atoms with Crippen LogP contribution in [0.2, 0.25) is 0 Å². The maximum Gasteiger partial charge on any atom is 0.490 e. The lowest BCUT2D eigenvalue weighted by Gasteiger charge is -2.25. The normalized spacial score (nSPS) is 16.2. The van der Waals surface area contributed by atoms with E-state index >= 15 is 0 Å². The summed E-state index contributed by atoms with van der Waals surface area (Å²) in [5.74, 6) is -5.51. The van der Waals surface area contributed by atoms with E-state index in [1.807, 2.05) is 12.4 Å². The van der Waals surface area contributed by atoms with Crippen LogP contribution in [0.15, 0.2) is 30.6 Å². The fourth-order valence-corrected chi connectivity index (χ4v) is 2.73. The minimum Gasteiger partial charge on any atom is -0.475 e. The predicted octanol–water partition coefficient (Wildman–Crippen LogP) is 3.97. The molecule has 4 N–H and O–H groups in total. The molecule has 0 spiro atoms. The van der Waals surface area contributed by atoms with E-state index in [9.17, 15) is 26.3 Å². The number of alkyl halides is 6. The van der Waals surface area contributed by atoms with Gasteiger partial charge >= 0.3 is 24.3 Å². The summed E-state index contributed by atoms with van der Waals surface area (Å²) >= 11 is 0. The van der Waals surface area contributed by atoms with Gasteiger partial charge in [0.2, 0.25) is 0 Å². The third-order valence-electron chi connectivity index (χ3n) is 4.11. The highest BCUT2D eigenvalue weighted by Gasteiger charge is 2.38. The van der Waals surface area contributed by atoms with E-state index in [1.54, 1.807) is 0 Å². The molecule has 1 atom stereocenters. The average Bonchev–Trinajstić information content (AvgIpc) is 2.68. The van der Waals surface area contributed by atoms with Crippen LogP contribution in [0.25, 0.3) is 10.8 Å². The van der Waals surface area contributed by atoms with Crippen molar-refractivity contribution in [1.82, 2.24) is 10.3 Å². The van der Waals surface area contributed by atoms with Gasteiger partial charge in [-0.3, -0.25) is 4.98 Å². The Kier molecular flexibility index (Phi) is 9.69. The second-order valence-electron chi connectivity index (χ2n) is 6.65. The molecule has 13 heteroatoms. The maximum atomic E-state index is 10.6. The van der Waals surface area contributed by atoms with Gasteiger partial charge < -0.3 is 20.8 Å². The molecule has 1 aliphatic rings. The quantitative estimate of drug-likeness (QED) is 0.493. The molecule has 1 unspecified atom stereocenters. The third-order valence-corrected chi connectivity index (χ3v) is 4.11. The van der Waals surface area contributed by atoms with Crippen molar-refractivity contribution in [2.45, 2.75) is 38.2 Å². The minimum atomic E-state index is -5.08. The fraction of sp³-hybridized carbons (Fsp3) is 0.421. The molecule has 0 radical (unpaired) electrons. The maximum absolute atomic E-state index is 10.6. The Labute approximate surface area is 178 Å². The van der Waals surface area contributed by atoms with Crippen LogP contribution in [0.1, 0.15) is 18.4 Å². The standard InChI is InChI=1S/C15H19N3.2C2HF3O2/c1-11-8-17-9-12-4-2-6-14(15(11)12)18-13-5-3-7-16-10-13;2*3-2(4,5)1(6)7/h2,4,6,8-9,13,16,18H,3,5,7,10H2,1H3;2*(H,6,7). The lowest BCUT2D eigenvalue weighted by atomic mass is 10.0. The van der Waals surface area contributed by atoms with Crippen molar-refractivity contribution in [1.29, 1.82) is 0 Å². The van der Waals surface area contributed by atoms with Gasteiger partial charge in [-0.05, 0) is 37.9 Å². The Morgan fingerprint density at radius 3 is 2.09 bits per heavy atom. The van der Waals surface area contributed by atoms with Crippen molar-refractivity contribution in [3.63, 3.8) is 0 Å². The Hall–Kier alpha value is -3.09. The van der Waals surface area contributed by atoms with Crippen LogP contribution >= 0.6 is 0 Å². The summed E-state index contributed by atoms with van der Waals surface area (Å²) in [6.45, 7) is 4.33. The number of piperidine rings is 1. The van der Waals surface area contributed by atoms with E-state index in [0.29, 0.717) is 6.04 Å². The summed E-state index contributed by atoms with van der Waals surface area (Å²) in [7, 11) is 0. The summed E-state index contributed by atoms with van der Waals surface area (Å²) in [4.78, 5) is 22.1. The van der Waals surface area contributed by atoms with Crippen molar-refractivity contribution in [3.8, 4) is 0 Å². The Morgan fingerprint density at radius 1 is 1.06 bits per heavy atom. The molecule has 3 rings (SSSR count). The zero-order valence-electron chi connectivity index (χ0n) is 16.7. The van der Waals surface area contributed by atoms with Gasteiger partial charge in [0.05, 0.1) is 0 Å². The number of carboxylic acid groups (broad SMARTS) is 2. The third kappa shape index (κ3) is 8.96. The number of aromatic nitrogens is 1. The number of nitrogens with one attached hydrogen (secondary N) is 2. The summed E-state index contributed by atoms with van der Waals surface area (Å²) in [6.07, 6.45) is -3.80. The molecule has 2 aromatic rings. The van der Waals surface area contributed by atoms with Crippen LogP contribution in [-0.4, -0.2) is 58.6 Å². The van der Waals surface area contributed by atoms with Gasteiger partial charge in [0.1, 0.15) is 0 Å². The molecule has 0 saturated carbocycles. The highest BCUT2D eigenvalue weighted by molar-refractivity contribution is 5.95. The number of carbonyl (C=O) groups is 2. The number of fused-ring (bicyclic) bond motifs is 1. The molecule has 2 heterocycles. The number of carboxylic acids is 2. The fourth-order valence-electron chi connectivity index (χ4n) is 2.73. The molecule has 32 heavy (non-hydrogen) atoms. The summed E-state index contributed by atoms with van der Waals surface area (Å²) in [5.41, 5.74) is 2.47. The number of hydrogen-bond acceptors (Lipinski definition) is 5. The van der Waals surface area contributed by atoms with Crippen molar-refractivity contribution < 1.29 is 46.1 Å². The first-order chi connectivity index (χ1) is 14.7. The van der Waals surface area contributed by atoms with Crippen molar-refractivity contribution >= 4 is 28.4 Å². The van der Waals surface area contributed by atoms with E-state index in [1.165, 1.54) is 34.9 Å². The van der Waals surface area contributed by atoms with E-state index in [4.69, 9.17) is 19.8 Å². The molecule has 1 aliphatic heterocycles. The Balaban J connectivity index is 0.000000305. The summed E-state index contributed by atoms with van der Waals surface area (Å²) < 4.78 is 63.5. The number of benzene rings is 1. The molecule has 1 saturated heterocycles. The molecular formula is C19H21F6N3O4. The van der Waals surface area contributed by atoms with Crippen LogP contribution in [-0.2, 0) is 9.59 Å². The van der Waals surface area contributed by atoms with Crippen LogP contribution < -0.4 is 10.6 Å². The Morgan fingerprint density at radius 2 is 1.62 bits per heavy atom. The largest absolute Gasteiger partial charge is 0.490 e. The van der Waals surface area contributed by atoms with Gasteiger partial charge in [-0.2, -0.15) is 26.3 Å². The van der Waals surface area contributed by atoms with Crippen molar-refractivity contribution in [2.24, 2.45) is 0 Å². The first kappa shape index (κ1) is 26.9. The molecule has 178 valence electrons. The number of hydrogen-bond donors (Lipinski definition) is 4. The number of rotatable bonds is 2. The van der Waals surface area contributed by atoms with Crippen LogP contribution in [0.4, 0.5) is 32.0 Å². The van der Waals surface area contributed by atoms with E-state index < -0.39 is 24.3 Å². The molecule has 1 fully saturated rings. The molecule has 0 aliphatic carbocycles. The average molecular weight is 469 g/mol. The first-order valence-electron chi connectivity index (χ1n) is 9.14. The predicted molar refractivity (Wildman–Crippen MR) is 103 cm³/mol. The molecular weight excluding hydrogens is 448 g/mol. The first-order valence-corrected chi connectivity index (χ1v) is 9.14. The molecule has 0 amide bonds. The highest BCUT2D eigenvalue weighted by Crippen LogP contribution is 2.27.